The van der Waals surface area contributed by atoms with E-state index < -0.39 is 5.92 Å². The summed E-state index contributed by atoms with van der Waals surface area (Å²) in [7, 11) is 0. The van der Waals surface area contributed by atoms with E-state index in [2.05, 4.69) is 13.8 Å². The molecule has 0 heterocycles. The molecule has 0 radical (unpaired) electrons. The van der Waals surface area contributed by atoms with Gasteiger partial charge in [-0.1, -0.05) is 65.2 Å². The van der Waals surface area contributed by atoms with Crippen molar-refractivity contribution in [3.8, 4) is 0 Å². The first-order chi connectivity index (χ1) is 12.7. The minimum absolute atomic E-state index is 0.145. The van der Waals surface area contributed by atoms with Gasteiger partial charge in [-0.25, -0.2) is 0 Å². The molecule has 150 valence electrons. The van der Waals surface area contributed by atoms with E-state index in [0.717, 1.165) is 31.6 Å². The zero-order chi connectivity index (χ0) is 18.8. The van der Waals surface area contributed by atoms with Gasteiger partial charge >= 0.3 is 5.97 Å². The largest absolute Gasteiger partial charge is 0.465 e. The van der Waals surface area contributed by atoms with Crippen LogP contribution in [0.2, 0.25) is 0 Å². The zero-order valence-corrected chi connectivity index (χ0v) is 17.1. The molecule has 2 saturated carbocycles. The molecule has 0 spiro atoms. The van der Waals surface area contributed by atoms with E-state index in [0.29, 0.717) is 31.3 Å². The SMILES string of the molecule is CCCCCOC(=O)[C@@H]1CC[C@@H](C2CCC(CCCCC)CC2)CC1=O. The Bertz CT molecular complexity index is 423. The fraction of sp³-hybridized carbons (Fsp3) is 0.913. The molecule has 0 unspecified atom stereocenters. The number of esters is 1. The molecule has 0 N–H and O–H groups in total. The molecule has 2 fully saturated rings. The zero-order valence-electron chi connectivity index (χ0n) is 17.1. The highest BCUT2D eigenvalue weighted by atomic mass is 16.5. The van der Waals surface area contributed by atoms with Crippen molar-refractivity contribution < 1.29 is 14.3 Å². The molecule has 0 bridgehead atoms. The molecular formula is C23H40O3. The molecular weight excluding hydrogens is 324 g/mol. The van der Waals surface area contributed by atoms with Gasteiger partial charge in [0.15, 0.2) is 0 Å². The highest BCUT2D eigenvalue weighted by Gasteiger charge is 2.38. The smallest absolute Gasteiger partial charge is 0.316 e. The van der Waals surface area contributed by atoms with Gasteiger partial charge in [0.1, 0.15) is 11.7 Å². The molecule has 2 rings (SSSR count). The quantitative estimate of drug-likeness (QED) is 0.267. The molecule has 0 amide bonds. The van der Waals surface area contributed by atoms with Gasteiger partial charge in [0.25, 0.3) is 0 Å². The number of rotatable bonds is 10. The Labute approximate surface area is 160 Å². The van der Waals surface area contributed by atoms with Crippen LogP contribution in [0.1, 0.15) is 104 Å². The molecule has 26 heavy (non-hydrogen) atoms. The summed E-state index contributed by atoms with van der Waals surface area (Å²) >= 11 is 0. The summed E-state index contributed by atoms with van der Waals surface area (Å²) in [5, 5.41) is 0. The molecule has 2 aliphatic carbocycles. The van der Waals surface area contributed by atoms with Gasteiger partial charge in [-0.3, -0.25) is 9.59 Å². The van der Waals surface area contributed by atoms with Crippen molar-refractivity contribution in [1.82, 2.24) is 0 Å². The first kappa shape index (κ1) is 21.4. The number of carbonyl (C=O) groups is 2. The highest BCUT2D eigenvalue weighted by Crippen LogP contribution is 2.41. The predicted octanol–water partition coefficient (Wildman–Crippen LogP) is 6.09. The lowest BCUT2D eigenvalue weighted by Gasteiger charge is -2.36. The van der Waals surface area contributed by atoms with E-state index >= 15 is 0 Å². The van der Waals surface area contributed by atoms with Crippen LogP contribution in [0.4, 0.5) is 0 Å². The van der Waals surface area contributed by atoms with Crippen molar-refractivity contribution in [1.29, 1.82) is 0 Å². The van der Waals surface area contributed by atoms with Crippen LogP contribution in [0, 0.1) is 23.7 Å². The Morgan fingerprint density at radius 3 is 2.19 bits per heavy atom. The van der Waals surface area contributed by atoms with Crippen LogP contribution in [-0.4, -0.2) is 18.4 Å². The minimum atomic E-state index is -0.474. The van der Waals surface area contributed by atoms with Crippen molar-refractivity contribution in [3.05, 3.63) is 0 Å². The molecule has 0 aromatic heterocycles. The summed E-state index contributed by atoms with van der Waals surface area (Å²) in [6, 6.07) is 0. The van der Waals surface area contributed by atoms with Crippen molar-refractivity contribution >= 4 is 11.8 Å². The van der Waals surface area contributed by atoms with Crippen LogP contribution in [-0.2, 0) is 14.3 Å². The fourth-order valence-electron chi connectivity index (χ4n) is 4.95. The van der Waals surface area contributed by atoms with Gasteiger partial charge in [-0.15, -0.1) is 0 Å². The summed E-state index contributed by atoms with van der Waals surface area (Å²) < 4.78 is 5.34. The number of unbranched alkanes of at least 4 members (excludes halogenated alkanes) is 4. The van der Waals surface area contributed by atoms with Crippen LogP contribution >= 0.6 is 0 Å². The summed E-state index contributed by atoms with van der Waals surface area (Å²) in [5.41, 5.74) is 0. The van der Waals surface area contributed by atoms with Gasteiger partial charge in [-0.05, 0) is 49.9 Å². The average molecular weight is 365 g/mol. The molecule has 0 aromatic carbocycles. The summed E-state index contributed by atoms with van der Waals surface area (Å²) in [6.45, 7) is 4.87. The van der Waals surface area contributed by atoms with Crippen LogP contribution in [0.25, 0.3) is 0 Å². The maximum atomic E-state index is 12.5. The van der Waals surface area contributed by atoms with Gasteiger partial charge < -0.3 is 4.74 Å². The second kappa shape index (κ2) is 11.8. The van der Waals surface area contributed by atoms with Crippen LogP contribution in [0.5, 0.6) is 0 Å². The first-order valence-electron chi connectivity index (χ1n) is 11.3. The second-order valence-electron chi connectivity index (χ2n) is 8.71. The molecule has 0 aliphatic heterocycles. The standard InChI is InChI=1S/C23H40O3/c1-3-5-7-9-18-10-12-19(13-11-18)20-14-15-21(22(24)17-20)23(25)26-16-8-6-4-2/h18-21H,3-17H2,1-2H3/t18?,19?,20-,21-/m1/s1. The summed E-state index contributed by atoms with van der Waals surface area (Å²) in [5.74, 6) is 1.56. The van der Waals surface area contributed by atoms with Crippen LogP contribution < -0.4 is 0 Å². The Balaban J connectivity index is 1.68. The lowest BCUT2D eigenvalue weighted by molar-refractivity contribution is -0.154. The Morgan fingerprint density at radius 1 is 0.885 bits per heavy atom. The molecule has 0 aromatic rings. The molecule has 0 saturated heterocycles. The van der Waals surface area contributed by atoms with E-state index in [1.807, 2.05) is 0 Å². The highest BCUT2D eigenvalue weighted by molar-refractivity contribution is 5.99. The number of hydrogen-bond donors (Lipinski definition) is 0. The fourth-order valence-corrected chi connectivity index (χ4v) is 4.95. The van der Waals surface area contributed by atoms with Gasteiger partial charge in [-0.2, -0.15) is 0 Å². The van der Waals surface area contributed by atoms with Crippen LogP contribution in [0.3, 0.4) is 0 Å². The number of ether oxygens (including phenoxy) is 1. The number of carbonyl (C=O) groups excluding carboxylic acids is 2. The maximum Gasteiger partial charge on any atom is 0.316 e. The van der Waals surface area contributed by atoms with E-state index in [4.69, 9.17) is 4.74 Å². The maximum absolute atomic E-state index is 12.5. The van der Waals surface area contributed by atoms with E-state index in [1.54, 1.807) is 0 Å². The first-order valence-corrected chi connectivity index (χ1v) is 11.3. The van der Waals surface area contributed by atoms with Gasteiger partial charge in [0.05, 0.1) is 6.61 Å². The molecule has 2 atom stereocenters. The van der Waals surface area contributed by atoms with E-state index in [9.17, 15) is 9.59 Å². The normalized spacial score (nSPS) is 29.5. The second-order valence-corrected chi connectivity index (χ2v) is 8.71. The Morgan fingerprint density at radius 2 is 1.54 bits per heavy atom. The van der Waals surface area contributed by atoms with E-state index in [1.165, 1.54) is 51.4 Å². The van der Waals surface area contributed by atoms with Crippen molar-refractivity contribution in [3.63, 3.8) is 0 Å². The van der Waals surface area contributed by atoms with Crippen molar-refractivity contribution in [2.45, 2.75) is 104 Å². The summed E-state index contributed by atoms with van der Waals surface area (Å²) in [4.78, 5) is 24.7. The molecule has 3 nitrogen and oxygen atoms in total. The molecule has 3 heteroatoms. The topological polar surface area (TPSA) is 43.4 Å². The van der Waals surface area contributed by atoms with Gasteiger partial charge in [0, 0.05) is 6.42 Å². The lowest BCUT2D eigenvalue weighted by Crippen LogP contribution is -2.35. The van der Waals surface area contributed by atoms with E-state index in [-0.39, 0.29) is 11.8 Å². The van der Waals surface area contributed by atoms with Crippen LogP contribution in [0.15, 0.2) is 0 Å². The number of ketones is 1. The van der Waals surface area contributed by atoms with Crippen molar-refractivity contribution in [2.75, 3.05) is 6.61 Å². The third-order valence-electron chi connectivity index (χ3n) is 6.73. The number of Topliss-reactive ketones (excluding diaryl/α,β-unsaturated/α-hetero) is 1. The number of hydrogen-bond acceptors (Lipinski definition) is 3. The third-order valence-corrected chi connectivity index (χ3v) is 6.73. The Hall–Kier alpha value is -0.860. The lowest BCUT2D eigenvalue weighted by atomic mass is 9.68. The predicted molar refractivity (Wildman–Crippen MR) is 106 cm³/mol. The average Bonchev–Trinajstić information content (AvgIpc) is 2.66. The Kier molecular flexibility index (Phi) is 9.71. The molecule has 2 aliphatic rings. The summed E-state index contributed by atoms with van der Waals surface area (Å²) in [6.07, 6.45) is 16.2. The van der Waals surface area contributed by atoms with Gasteiger partial charge in [0.2, 0.25) is 0 Å². The van der Waals surface area contributed by atoms with Crippen molar-refractivity contribution in [2.24, 2.45) is 23.7 Å². The third kappa shape index (κ3) is 6.70. The monoisotopic (exact) mass is 364 g/mol. The minimum Gasteiger partial charge on any atom is -0.465 e.